The number of hydrogen-bond acceptors (Lipinski definition) is 4. The highest BCUT2D eigenvalue weighted by atomic mass is 19.3. The molecular formula is C14H21F2N3O3. The van der Waals surface area contributed by atoms with E-state index in [-0.39, 0.29) is 12.3 Å². The van der Waals surface area contributed by atoms with Gasteiger partial charge in [0.15, 0.2) is 5.96 Å². The molecule has 0 aromatic heterocycles. The third-order valence-electron chi connectivity index (χ3n) is 2.75. The van der Waals surface area contributed by atoms with Crippen LogP contribution in [0.5, 0.6) is 11.5 Å². The van der Waals surface area contributed by atoms with Gasteiger partial charge in [-0.25, -0.2) is 0 Å². The molecule has 1 aromatic rings. The molecule has 0 heterocycles. The molecule has 0 aliphatic rings. The third kappa shape index (κ3) is 6.13. The van der Waals surface area contributed by atoms with E-state index in [1.807, 2.05) is 0 Å². The van der Waals surface area contributed by atoms with E-state index in [0.29, 0.717) is 30.4 Å². The number of nitrogens with zero attached hydrogens (tertiary/aromatic N) is 1. The number of guanidine groups is 1. The number of halogens is 2. The van der Waals surface area contributed by atoms with Crippen molar-refractivity contribution in [3.05, 3.63) is 23.8 Å². The summed E-state index contributed by atoms with van der Waals surface area (Å²) in [6, 6.07) is 4.64. The lowest BCUT2D eigenvalue weighted by Crippen LogP contribution is -2.38. The highest BCUT2D eigenvalue weighted by molar-refractivity contribution is 5.79. The minimum atomic E-state index is -2.88. The molecule has 8 heteroatoms. The van der Waals surface area contributed by atoms with Crippen LogP contribution in [-0.4, -0.2) is 47.0 Å². The van der Waals surface area contributed by atoms with Gasteiger partial charge in [-0.3, -0.25) is 4.99 Å². The van der Waals surface area contributed by atoms with Crippen molar-refractivity contribution in [3.8, 4) is 11.5 Å². The summed E-state index contributed by atoms with van der Waals surface area (Å²) in [4.78, 5) is 4.03. The van der Waals surface area contributed by atoms with Gasteiger partial charge >= 0.3 is 6.61 Å². The first kappa shape index (κ1) is 18.0. The molecule has 0 atom stereocenters. The number of alkyl halides is 2. The second kappa shape index (κ2) is 9.78. The second-order valence-electron chi connectivity index (χ2n) is 4.20. The lowest BCUT2D eigenvalue weighted by Gasteiger charge is -2.15. The van der Waals surface area contributed by atoms with Gasteiger partial charge < -0.3 is 24.8 Å². The highest BCUT2D eigenvalue weighted by Gasteiger charge is 2.11. The first-order valence-electron chi connectivity index (χ1n) is 6.66. The van der Waals surface area contributed by atoms with Crippen LogP contribution in [0.4, 0.5) is 8.78 Å². The molecule has 0 aliphatic carbocycles. The molecule has 1 aromatic carbocycles. The molecule has 0 aliphatic heterocycles. The Kier molecular flexibility index (Phi) is 7.98. The molecule has 22 heavy (non-hydrogen) atoms. The normalized spacial score (nSPS) is 11.5. The van der Waals surface area contributed by atoms with E-state index in [4.69, 9.17) is 9.47 Å². The molecule has 0 bridgehead atoms. The molecule has 6 nitrogen and oxygen atoms in total. The summed E-state index contributed by atoms with van der Waals surface area (Å²) in [6.07, 6.45) is 0. The Hall–Kier alpha value is -2.09. The van der Waals surface area contributed by atoms with Gasteiger partial charge in [0.1, 0.15) is 11.5 Å². The zero-order valence-corrected chi connectivity index (χ0v) is 12.9. The van der Waals surface area contributed by atoms with Gasteiger partial charge in [0.05, 0.1) is 13.7 Å². The molecule has 0 unspecified atom stereocenters. The van der Waals surface area contributed by atoms with E-state index in [2.05, 4.69) is 20.4 Å². The smallest absolute Gasteiger partial charge is 0.387 e. The van der Waals surface area contributed by atoms with Crippen molar-refractivity contribution in [3.63, 3.8) is 0 Å². The van der Waals surface area contributed by atoms with Gasteiger partial charge in [-0.15, -0.1) is 0 Å². The van der Waals surface area contributed by atoms with Crippen LogP contribution in [-0.2, 0) is 11.3 Å². The van der Waals surface area contributed by atoms with Crippen molar-refractivity contribution < 1.29 is 23.0 Å². The molecule has 0 fully saturated rings. The summed E-state index contributed by atoms with van der Waals surface area (Å²) in [5.74, 6) is 1.18. The van der Waals surface area contributed by atoms with Crippen molar-refractivity contribution in [2.24, 2.45) is 4.99 Å². The van der Waals surface area contributed by atoms with Crippen molar-refractivity contribution in [1.82, 2.24) is 10.6 Å². The predicted molar refractivity (Wildman–Crippen MR) is 79.7 cm³/mol. The average Bonchev–Trinajstić information content (AvgIpc) is 2.51. The molecule has 2 N–H and O–H groups in total. The number of rotatable bonds is 8. The summed E-state index contributed by atoms with van der Waals surface area (Å²) >= 11 is 0. The van der Waals surface area contributed by atoms with Crippen LogP contribution < -0.4 is 20.1 Å². The largest absolute Gasteiger partial charge is 0.497 e. The van der Waals surface area contributed by atoms with E-state index in [0.717, 1.165) is 0 Å². The SMILES string of the molecule is CN=C(NCCOC)NCc1cc(OC)ccc1OC(F)F. The van der Waals surface area contributed by atoms with Crippen LogP contribution in [0.3, 0.4) is 0 Å². The van der Waals surface area contributed by atoms with Crippen molar-refractivity contribution in [2.45, 2.75) is 13.2 Å². The van der Waals surface area contributed by atoms with E-state index in [1.54, 1.807) is 26.3 Å². The topological polar surface area (TPSA) is 64.1 Å². The van der Waals surface area contributed by atoms with Crippen LogP contribution in [0.15, 0.2) is 23.2 Å². The van der Waals surface area contributed by atoms with Gasteiger partial charge in [0.2, 0.25) is 0 Å². The number of ether oxygens (including phenoxy) is 3. The fraction of sp³-hybridized carbons (Fsp3) is 0.500. The Morgan fingerprint density at radius 2 is 2.05 bits per heavy atom. The standard InChI is InChI=1S/C14H21F2N3O3/c1-17-14(18-6-7-20-2)19-9-10-8-11(21-3)4-5-12(10)22-13(15)16/h4-5,8,13H,6-7,9H2,1-3H3,(H2,17,18,19). The van der Waals surface area contributed by atoms with Crippen molar-refractivity contribution >= 4 is 5.96 Å². The van der Waals surface area contributed by atoms with Gasteiger partial charge in [0, 0.05) is 32.8 Å². The van der Waals surface area contributed by atoms with E-state index in [1.165, 1.54) is 13.2 Å². The van der Waals surface area contributed by atoms with Gasteiger partial charge in [-0.05, 0) is 18.2 Å². The maximum Gasteiger partial charge on any atom is 0.387 e. The van der Waals surface area contributed by atoms with E-state index in [9.17, 15) is 8.78 Å². The maximum absolute atomic E-state index is 12.4. The molecule has 0 spiro atoms. The van der Waals surface area contributed by atoms with Crippen LogP contribution in [0.2, 0.25) is 0 Å². The highest BCUT2D eigenvalue weighted by Crippen LogP contribution is 2.25. The maximum atomic E-state index is 12.4. The van der Waals surface area contributed by atoms with Gasteiger partial charge in [-0.1, -0.05) is 0 Å². The molecule has 0 saturated carbocycles. The molecule has 1 rings (SSSR count). The fourth-order valence-corrected chi connectivity index (χ4v) is 1.70. The molecule has 0 saturated heterocycles. The molecule has 124 valence electrons. The quantitative estimate of drug-likeness (QED) is 0.433. The monoisotopic (exact) mass is 317 g/mol. The minimum Gasteiger partial charge on any atom is -0.497 e. The van der Waals surface area contributed by atoms with Crippen LogP contribution in [0.1, 0.15) is 5.56 Å². The number of methoxy groups -OCH3 is 2. The zero-order valence-electron chi connectivity index (χ0n) is 12.9. The fourth-order valence-electron chi connectivity index (χ4n) is 1.70. The molecule has 0 amide bonds. The lowest BCUT2D eigenvalue weighted by molar-refractivity contribution is -0.0504. The summed E-state index contributed by atoms with van der Waals surface area (Å²) in [5.41, 5.74) is 0.536. The van der Waals surface area contributed by atoms with E-state index >= 15 is 0 Å². The summed E-state index contributed by atoms with van der Waals surface area (Å²) < 4.78 is 39.4. The minimum absolute atomic E-state index is 0.0932. The number of nitrogens with one attached hydrogen (secondary N) is 2. The summed E-state index contributed by atoms with van der Waals surface area (Å²) in [7, 11) is 4.72. The lowest BCUT2D eigenvalue weighted by atomic mass is 10.2. The van der Waals surface area contributed by atoms with Crippen molar-refractivity contribution in [1.29, 1.82) is 0 Å². The number of hydrogen-bond donors (Lipinski definition) is 2. The van der Waals surface area contributed by atoms with Crippen LogP contribution >= 0.6 is 0 Å². The van der Waals surface area contributed by atoms with Crippen LogP contribution in [0.25, 0.3) is 0 Å². The Morgan fingerprint density at radius 1 is 1.27 bits per heavy atom. The Labute approximate surface area is 128 Å². The summed E-state index contributed by atoms with van der Waals surface area (Å²) in [5, 5.41) is 6.04. The van der Waals surface area contributed by atoms with E-state index < -0.39 is 6.61 Å². The first-order valence-corrected chi connectivity index (χ1v) is 6.66. The second-order valence-corrected chi connectivity index (χ2v) is 4.20. The Balaban J connectivity index is 2.72. The Bertz CT molecular complexity index is 484. The molecule has 0 radical (unpaired) electrons. The zero-order chi connectivity index (χ0) is 16.4. The Morgan fingerprint density at radius 3 is 2.64 bits per heavy atom. The summed E-state index contributed by atoms with van der Waals surface area (Å²) in [6.45, 7) is -1.52. The number of aliphatic imine (C=N–C) groups is 1. The first-order chi connectivity index (χ1) is 10.6. The predicted octanol–water partition coefficient (Wildman–Crippen LogP) is 1.61. The third-order valence-corrected chi connectivity index (χ3v) is 2.75. The number of benzene rings is 1. The average molecular weight is 317 g/mol. The van der Waals surface area contributed by atoms with Crippen LogP contribution in [0, 0.1) is 0 Å². The van der Waals surface area contributed by atoms with Gasteiger partial charge in [-0.2, -0.15) is 8.78 Å². The molecular weight excluding hydrogens is 296 g/mol. The van der Waals surface area contributed by atoms with Crippen molar-refractivity contribution in [2.75, 3.05) is 34.4 Å². The van der Waals surface area contributed by atoms with Gasteiger partial charge in [0.25, 0.3) is 0 Å².